The third-order valence-electron chi connectivity index (χ3n) is 4.09. The molecular formula is C20H16Na2O2. The zero-order valence-corrected chi connectivity index (χ0v) is 11.8. The molecule has 0 amide bonds. The summed E-state index contributed by atoms with van der Waals surface area (Å²) < 4.78 is 0. The van der Waals surface area contributed by atoms with Crippen molar-refractivity contribution < 1.29 is 10.2 Å². The summed E-state index contributed by atoms with van der Waals surface area (Å²) in [5.74, 6) is 0.396. The molecule has 2 nitrogen and oxygen atoms in total. The van der Waals surface area contributed by atoms with Crippen LogP contribution >= 0.6 is 0 Å². The molecule has 0 saturated carbocycles. The first-order valence-electron chi connectivity index (χ1n) is 7.17. The van der Waals surface area contributed by atoms with Crippen molar-refractivity contribution in [2.24, 2.45) is 0 Å². The standard InChI is InChI=1S/C20H14O2.2Na.2H/c21-19-15-7-3-1-5-13(15)9-11-17(19)18-12-10-14-6-2-4-8-16(14)20(18)22;;;;/h1-12,21-22H;;;;. The second kappa shape index (κ2) is 7.92. The quantitative estimate of drug-likeness (QED) is 0.520. The summed E-state index contributed by atoms with van der Waals surface area (Å²) in [6, 6.07) is 23.0. The number of hydrogen-bond donors (Lipinski definition) is 2. The number of phenols is 2. The number of hydrogen-bond acceptors (Lipinski definition) is 2. The molecule has 0 atom stereocenters. The van der Waals surface area contributed by atoms with Gasteiger partial charge in [-0.25, -0.2) is 0 Å². The normalized spacial score (nSPS) is 10.2. The third kappa shape index (κ3) is 3.23. The fourth-order valence-corrected chi connectivity index (χ4v) is 2.94. The van der Waals surface area contributed by atoms with Crippen molar-refractivity contribution >= 4 is 80.7 Å². The molecule has 0 bridgehead atoms. The second-order valence-corrected chi connectivity index (χ2v) is 5.37. The number of benzene rings is 4. The van der Waals surface area contributed by atoms with Crippen LogP contribution in [0.4, 0.5) is 0 Å². The van der Waals surface area contributed by atoms with Crippen LogP contribution in [0.25, 0.3) is 32.7 Å². The van der Waals surface area contributed by atoms with Gasteiger partial charge in [-0.05, 0) is 22.9 Å². The van der Waals surface area contributed by atoms with Gasteiger partial charge in [0.2, 0.25) is 0 Å². The topological polar surface area (TPSA) is 40.5 Å². The zero-order valence-electron chi connectivity index (χ0n) is 11.8. The Morgan fingerprint density at radius 1 is 0.458 bits per heavy atom. The van der Waals surface area contributed by atoms with Crippen LogP contribution < -0.4 is 0 Å². The van der Waals surface area contributed by atoms with E-state index in [4.69, 9.17) is 0 Å². The molecule has 0 aromatic heterocycles. The fraction of sp³-hybridized carbons (Fsp3) is 0. The molecule has 0 saturated heterocycles. The summed E-state index contributed by atoms with van der Waals surface area (Å²) in [7, 11) is 0. The van der Waals surface area contributed by atoms with E-state index in [9.17, 15) is 10.2 Å². The van der Waals surface area contributed by atoms with E-state index >= 15 is 0 Å². The van der Waals surface area contributed by atoms with Crippen LogP contribution in [0.1, 0.15) is 0 Å². The molecule has 0 unspecified atom stereocenters. The maximum atomic E-state index is 10.6. The van der Waals surface area contributed by atoms with E-state index in [0.29, 0.717) is 11.1 Å². The van der Waals surface area contributed by atoms with Crippen LogP contribution in [0, 0.1) is 0 Å². The monoisotopic (exact) mass is 334 g/mol. The first-order valence-corrected chi connectivity index (χ1v) is 7.17. The summed E-state index contributed by atoms with van der Waals surface area (Å²) in [6.07, 6.45) is 0. The molecule has 4 rings (SSSR count). The molecule has 0 radical (unpaired) electrons. The van der Waals surface area contributed by atoms with Crippen LogP contribution in [-0.2, 0) is 0 Å². The van der Waals surface area contributed by atoms with Crippen molar-refractivity contribution in [3.63, 3.8) is 0 Å². The van der Waals surface area contributed by atoms with Gasteiger partial charge in [-0.1, -0.05) is 60.7 Å². The van der Waals surface area contributed by atoms with E-state index in [-0.39, 0.29) is 70.6 Å². The zero-order chi connectivity index (χ0) is 15.1. The van der Waals surface area contributed by atoms with Gasteiger partial charge in [0.15, 0.2) is 0 Å². The molecule has 0 aliphatic rings. The van der Waals surface area contributed by atoms with Crippen LogP contribution in [0.3, 0.4) is 0 Å². The Labute approximate surface area is 184 Å². The van der Waals surface area contributed by atoms with Gasteiger partial charge in [0.1, 0.15) is 11.5 Å². The van der Waals surface area contributed by atoms with Crippen molar-refractivity contribution in [3.05, 3.63) is 72.8 Å². The van der Waals surface area contributed by atoms with E-state index in [1.807, 2.05) is 72.8 Å². The predicted octanol–water partition coefficient (Wildman–Crippen LogP) is 3.77. The molecule has 2 N–H and O–H groups in total. The van der Waals surface area contributed by atoms with E-state index in [2.05, 4.69) is 0 Å². The molecule has 4 aromatic rings. The van der Waals surface area contributed by atoms with Crippen LogP contribution in [0.2, 0.25) is 0 Å². The van der Waals surface area contributed by atoms with Crippen LogP contribution in [0.5, 0.6) is 11.5 Å². The van der Waals surface area contributed by atoms with Gasteiger partial charge in [-0.2, -0.15) is 0 Å². The van der Waals surface area contributed by atoms with Gasteiger partial charge in [-0.3, -0.25) is 0 Å². The first kappa shape index (κ1) is 19.3. The Balaban J connectivity index is 0.00000104. The van der Waals surface area contributed by atoms with Gasteiger partial charge in [0.05, 0.1) is 0 Å². The second-order valence-electron chi connectivity index (χ2n) is 5.37. The summed E-state index contributed by atoms with van der Waals surface area (Å²) >= 11 is 0. The van der Waals surface area contributed by atoms with Crippen molar-refractivity contribution in [1.29, 1.82) is 0 Å². The minimum atomic E-state index is 0. The van der Waals surface area contributed by atoms with E-state index < -0.39 is 0 Å². The van der Waals surface area contributed by atoms with Gasteiger partial charge in [0, 0.05) is 21.9 Å². The van der Waals surface area contributed by atoms with E-state index in [1.54, 1.807) is 0 Å². The molecule has 24 heavy (non-hydrogen) atoms. The third-order valence-corrected chi connectivity index (χ3v) is 4.09. The average molecular weight is 334 g/mol. The molecular weight excluding hydrogens is 318 g/mol. The fourth-order valence-electron chi connectivity index (χ4n) is 2.94. The Hall–Kier alpha value is -1.000. The van der Waals surface area contributed by atoms with Crippen LogP contribution in [0.15, 0.2) is 72.8 Å². The van der Waals surface area contributed by atoms with E-state index in [0.717, 1.165) is 21.5 Å². The first-order chi connectivity index (χ1) is 10.8. The minimum absolute atomic E-state index is 0. The molecule has 0 spiro atoms. The molecule has 0 fully saturated rings. The SMILES string of the molecule is Oc1c(-c2ccc3ccccc3c2O)ccc2ccccc12.[NaH].[NaH]. The Morgan fingerprint density at radius 2 is 0.833 bits per heavy atom. The van der Waals surface area contributed by atoms with Crippen molar-refractivity contribution in [1.82, 2.24) is 0 Å². The number of phenolic OH excluding ortho intramolecular Hbond substituents is 2. The molecule has 0 aliphatic heterocycles. The molecule has 4 aromatic carbocycles. The predicted molar refractivity (Wildman–Crippen MR) is 105 cm³/mol. The molecule has 0 aliphatic carbocycles. The molecule has 110 valence electrons. The van der Waals surface area contributed by atoms with Crippen LogP contribution in [-0.4, -0.2) is 69.3 Å². The molecule has 0 heterocycles. The number of fused-ring (bicyclic) bond motifs is 2. The maximum absolute atomic E-state index is 10.6. The van der Waals surface area contributed by atoms with Gasteiger partial charge in [0.25, 0.3) is 0 Å². The van der Waals surface area contributed by atoms with Gasteiger partial charge >= 0.3 is 59.1 Å². The average Bonchev–Trinajstić information content (AvgIpc) is 2.57. The van der Waals surface area contributed by atoms with Crippen molar-refractivity contribution in [2.75, 3.05) is 0 Å². The summed E-state index contributed by atoms with van der Waals surface area (Å²) in [4.78, 5) is 0. The Bertz CT molecular complexity index is 929. The molecule has 4 heteroatoms. The Kier molecular flexibility index (Phi) is 6.38. The van der Waals surface area contributed by atoms with Crippen molar-refractivity contribution in [3.8, 4) is 22.6 Å². The summed E-state index contributed by atoms with van der Waals surface area (Å²) in [6.45, 7) is 0. The Morgan fingerprint density at radius 3 is 1.25 bits per heavy atom. The van der Waals surface area contributed by atoms with Gasteiger partial charge < -0.3 is 10.2 Å². The van der Waals surface area contributed by atoms with Gasteiger partial charge in [-0.15, -0.1) is 0 Å². The number of aromatic hydroxyl groups is 2. The van der Waals surface area contributed by atoms with E-state index in [1.165, 1.54) is 0 Å². The summed E-state index contributed by atoms with van der Waals surface area (Å²) in [5.41, 5.74) is 1.28. The van der Waals surface area contributed by atoms with Crippen molar-refractivity contribution in [2.45, 2.75) is 0 Å². The summed E-state index contributed by atoms with van der Waals surface area (Å²) in [5, 5.41) is 24.7. The number of rotatable bonds is 1.